The second kappa shape index (κ2) is 11.6. The highest BCUT2D eigenvalue weighted by Gasteiger charge is 2.14. The van der Waals surface area contributed by atoms with E-state index >= 15 is 0 Å². The number of aromatic nitrogens is 3. The number of carbonyl (C=O) groups excluding carboxylic acids is 1. The predicted octanol–water partition coefficient (Wildman–Crippen LogP) is 4.82. The minimum absolute atomic E-state index is 0.186. The summed E-state index contributed by atoms with van der Waals surface area (Å²) < 4.78 is 12.7. The van der Waals surface area contributed by atoms with Crippen molar-refractivity contribution < 1.29 is 14.3 Å². The number of fused-ring (bicyclic) bond motifs is 1. The number of nitrogens with one attached hydrogen (secondary N) is 3. The van der Waals surface area contributed by atoms with Crippen molar-refractivity contribution in [3.8, 4) is 22.8 Å². The smallest absolute Gasteiger partial charge is 0.255 e. The number of piperazine rings is 1. The highest BCUT2D eigenvalue weighted by Crippen LogP contribution is 2.32. The Hall–Kier alpha value is -5.09. The average molecular weight is 550 g/mol. The van der Waals surface area contributed by atoms with Crippen LogP contribution in [0.2, 0.25) is 0 Å². The highest BCUT2D eigenvalue weighted by atomic mass is 16.5. The summed E-state index contributed by atoms with van der Waals surface area (Å²) in [7, 11) is 3.20. The van der Waals surface area contributed by atoms with Gasteiger partial charge in [0.1, 0.15) is 0 Å². The van der Waals surface area contributed by atoms with E-state index in [-0.39, 0.29) is 5.91 Å². The third kappa shape index (κ3) is 5.64. The van der Waals surface area contributed by atoms with Gasteiger partial charge in [0.15, 0.2) is 23.0 Å². The molecule has 0 aliphatic carbocycles. The highest BCUT2D eigenvalue weighted by molar-refractivity contribution is 6.05. The first-order chi connectivity index (χ1) is 20.1. The number of hydrogen-bond acceptors (Lipinski definition) is 8. The molecule has 0 bridgehead atoms. The van der Waals surface area contributed by atoms with E-state index in [1.807, 2.05) is 65.3 Å². The number of amides is 1. The summed E-state index contributed by atoms with van der Waals surface area (Å²) in [6.45, 7) is 3.91. The van der Waals surface area contributed by atoms with E-state index in [1.54, 1.807) is 26.5 Å². The third-order valence-corrected chi connectivity index (χ3v) is 7.05. The zero-order chi connectivity index (χ0) is 28.2. The molecule has 1 aliphatic rings. The van der Waals surface area contributed by atoms with Gasteiger partial charge in [0.2, 0.25) is 0 Å². The topological polar surface area (TPSA) is 105 Å². The molecule has 3 N–H and O–H groups in total. The first-order valence-corrected chi connectivity index (χ1v) is 13.4. The zero-order valence-electron chi connectivity index (χ0n) is 22.9. The third-order valence-electron chi connectivity index (χ3n) is 7.05. The van der Waals surface area contributed by atoms with Gasteiger partial charge in [-0.3, -0.25) is 4.79 Å². The number of hydrogen-bond donors (Lipinski definition) is 3. The minimum atomic E-state index is -0.186. The van der Waals surface area contributed by atoms with Crippen molar-refractivity contribution in [3.05, 3.63) is 90.9 Å². The molecule has 0 saturated carbocycles. The van der Waals surface area contributed by atoms with E-state index in [0.717, 1.165) is 48.8 Å². The van der Waals surface area contributed by atoms with Crippen LogP contribution in [-0.4, -0.2) is 60.7 Å². The van der Waals surface area contributed by atoms with Crippen molar-refractivity contribution >= 4 is 34.4 Å². The Morgan fingerprint density at radius 3 is 2.49 bits per heavy atom. The Morgan fingerprint density at radius 1 is 0.927 bits per heavy atom. The van der Waals surface area contributed by atoms with Gasteiger partial charge < -0.3 is 34.7 Å². The summed E-state index contributed by atoms with van der Waals surface area (Å²) in [6, 6.07) is 21.0. The number of anilines is 4. The molecule has 1 fully saturated rings. The van der Waals surface area contributed by atoms with Crippen molar-refractivity contribution in [1.29, 1.82) is 0 Å². The molecule has 3 aromatic carbocycles. The van der Waals surface area contributed by atoms with Gasteiger partial charge in [-0.05, 0) is 48.5 Å². The van der Waals surface area contributed by atoms with Gasteiger partial charge in [0.05, 0.1) is 19.9 Å². The maximum absolute atomic E-state index is 13.2. The Morgan fingerprint density at radius 2 is 1.71 bits per heavy atom. The zero-order valence-corrected chi connectivity index (χ0v) is 22.9. The summed E-state index contributed by atoms with van der Waals surface area (Å²) in [5.41, 5.74) is 5.38. The number of imidazole rings is 1. The van der Waals surface area contributed by atoms with E-state index in [2.05, 4.69) is 38.0 Å². The lowest BCUT2D eigenvalue weighted by Gasteiger charge is -2.29. The molecule has 10 heteroatoms. The molecule has 1 saturated heterocycles. The van der Waals surface area contributed by atoms with Crippen LogP contribution in [0, 0.1) is 0 Å². The lowest BCUT2D eigenvalue weighted by atomic mass is 10.1. The molecular formula is C31H31N7O3. The number of carbonyl (C=O) groups is 1. The fourth-order valence-electron chi connectivity index (χ4n) is 4.91. The van der Waals surface area contributed by atoms with Crippen molar-refractivity contribution in [2.75, 3.05) is 55.9 Å². The Balaban J connectivity index is 1.23. The molecule has 0 atom stereocenters. The van der Waals surface area contributed by atoms with Gasteiger partial charge in [-0.25, -0.2) is 9.97 Å². The second-order valence-corrected chi connectivity index (χ2v) is 9.65. The van der Waals surface area contributed by atoms with E-state index in [9.17, 15) is 4.79 Å². The molecule has 5 aromatic rings. The molecule has 0 spiro atoms. The van der Waals surface area contributed by atoms with Crippen LogP contribution in [0.1, 0.15) is 10.4 Å². The fraction of sp³-hybridized carbons (Fsp3) is 0.194. The quantitative estimate of drug-likeness (QED) is 0.253. The van der Waals surface area contributed by atoms with Gasteiger partial charge >= 0.3 is 0 Å². The molecule has 0 unspecified atom stereocenters. The first kappa shape index (κ1) is 26.1. The van der Waals surface area contributed by atoms with Crippen LogP contribution in [0.4, 0.5) is 22.9 Å². The minimum Gasteiger partial charge on any atom is -0.493 e. The lowest BCUT2D eigenvalue weighted by Crippen LogP contribution is -2.43. The van der Waals surface area contributed by atoms with Crippen molar-refractivity contribution in [2.45, 2.75) is 0 Å². The first-order valence-electron chi connectivity index (χ1n) is 13.4. The van der Waals surface area contributed by atoms with Crippen LogP contribution >= 0.6 is 0 Å². The average Bonchev–Trinajstić information content (AvgIpc) is 3.51. The summed E-state index contributed by atoms with van der Waals surface area (Å²) in [5, 5.41) is 9.73. The van der Waals surface area contributed by atoms with Crippen molar-refractivity contribution in [3.63, 3.8) is 0 Å². The molecule has 41 heavy (non-hydrogen) atoms. The van der Waals surface area contributed by atoms with E-state index < -0.39 is 0 Å². The standard InChI is InChI=1S/C31H31N7O3/c1-40-27-11-8-24(19-28(27)41-2)34-29-30-33-14-17-38(30)20-26(36-29)21-4-3-5-22(18-21)31(39)35-23-6-9-25(10-7-23)37-15-12-32-13-16-37/h3-11,14,17-20,32H,12-13,15-16H2,1-2H3,(H,34,36)(H,35,39). The van der Waals surface area contributed by atoms with Crippen LogP contribution in [0.25, 0.3) is 16.9 Å². The fourth-order valence-corrected chi connectivity index (χ4v) is 4.91. The lowest BCUT2D eigenvalue weighted by molar-refractivity contribution is 0.102. The largest absolute Gasteiger partial charge is 0.493 e. The monoisotopic (exact) mass is 549 g/mol. The normalized spacial score (nSPS) is 13.2. The maximum Gasteiger partial charge on any atom is 0.255 e. The van der Waals surface area contributed by atoms with Crippen molar-refractivity contribution in [1.82, 2.24) is 19.7 Å². The predicted molar refractivity (Wildman–Crippen MR) is 161 cm³/mol. The van der Waals surface area contributed by atoms with Crippen molar-refractivity contribution in [2.24, 2.45) is 0 Å². The van der Waals surface area contributed by atoms with Crippen LogP contribution < -0.4 is 30.3 Å². The molecule has 0 radical (unpaired) electrons. The van der Waals surface area contributed by atoms with Gasteiger partial charge in [-0.15, -0.1) is 0 Å². The van der Waals surface area contributed by atoms with Gasteiger partial charge in [-0.2, -0.15) is 0 Å². The molecule has 10 nitrogen and oxygen atoms in total. The second-order valence-electron chi connectivity index (χ2n) is 9.65. The number of nitrogens with zero attached hydrogens (tertiary/aromatic N) is 4. The molecular weight excluding hydrogens is 518 g/mol. The van der Waals surface area contributed by atoms with Gasteiger partial charge in [-0.1, -0.05) is 12.1 Å². The van der Waals surface area contributed by atoms with Crippen LogP contribution in [0.5, 0.6) is 11.5 Å². The van der Waals surface area contributed by atoms with Gasteiger partial charge in [0, 0.05) is 79.0 Å². The maximum atomic E-state index is 13.2. The number of methoxy groups -OCH3 is 2. The molecule has 1 aliphatic heterocycles. The molecule has 6 rings (SSSR count). The van der Waals surface area contributed by atoms with E-state index in [0.29, 0.717) is 34.2 Å². The number of rotatable bonds is 8. The number of ether oxygens (including phenoxy) is 2. The summed E-state index contributed by atoms with van der Waals surface area (Å²) >= 11 is 0. The summed E-state index contributed by atoms with van der Waals surface area (Å²) in [5.74, 6) is 1.62. The Kier molecular flexibility index (Phi) is 7.38. The van der Waals surface area contributed by atoms with E-state index in [1.165, 1.54) is 0 Å². The van der Waals surface area contributed by atoms with Crippen LogP contribution in [0.3, 0.4) is 0 Å². The molecule has 3 heterocycles. The molecule has 2 aromatic heterocycles. The Labute approximate surface area is 238 Å². The van der Waals surface area contributed by atoms with Crippen LogP contribution in [-0.2, 0) is 0 Å². The summed E-state index contributed by atoms with van der Waals surface area (Å²) in [4.78, 5) is 24.8. The van der Waals surface area contributed by atoms with E-state index in [4.69, 9.17) is 14.5 Å². The summed E-state index contributed by atoms with van der Waals surface area (Å²) in [6.07, 6.45) is 5.48. The molecule has 1 amide bonds. The van der Waals surface area contributed by atoms with Gasteiger partial charge in [0.25, 0.3) is 5.91 Å². The molecule has 208 valence electrons. The Bertz CT molecular complexity index is 1680. The number of benzene rings is 3. The van der Waals surface area contributed by atoms with Crippen LogP contribution in [0.15, 0.2) is 85.3 Å². The SMILES string of the molecule is COc1ccc(Nc2nc(-c3cccc(C(=O)Nc4ccc(N5CCNCC5)cc4)c3)cn3ccnc23)cc1OC.